The third kappa shape index (κ3) is 4.44. The van der Waals surface area contributed by atoms with Crippen LogP contribution in [0.4, 0.5) is 5.69 Å². The summed E-state index contributed by atoms with van der Waals surface area (Å²) >= 11 is 0. The van der Waals surface area contributed by atoms with Crippen LogP contribution in [-0.4, -0.2) is 24.2 Å². The van der Waals surface area contributed by atoms with Gasteiger partial charge in [-0.25, -0.2) is 0 Å². The number of aliphatic hydroxyl groups excluding tert-OH is 1. The fraction of sp³-hybridized carbons (Fsp3) is 0.462. The third-order valence-electron chi connectivity index (χ3n) is 2.32. The van der Waals surface area contributed by atoms with Crippen LogP contribution in [0.25, 0.3) is 0 Å². The lowest BCUT2D eigenvalue weighted by Crippen LogP contribution is -2.11. The Labute approximate surface area is 102 Å². The number of nitrogens with one attached hydrogen (secondary N) is 1. The van der Waals surface area contributed by atoms with Crippen LogP contribution in [0.15, 0.2) is 18.2 Å². The minimum Gasteiger partial charge on any atom is -0.494 e. The number of aliphatic hydroxyl groups is 1. The normalized spacial score (nSPS) is 10.1. The molecule has 0 spiro atoms. The maximum atomic E-state index is 11.4. The van der Waals surface area contributed by atoms with E-state index in [1.165, 1.54) is 0 Å². The molecule has 1 aromatic rings. The number of carbonyl (C=O) groups is 1. The van der Waals surface area contributed by atoms with Gasteiger partial charge >= 0.3 is 0 Å². The quantitative estimate of drug-likeness (QED) is 0.796. The monoisotopic (exact) mass is 237 g/mol. The highest BCUT2D eigenvalue weighted by Gasteiger charge is 2.04. The first kappa shape index (κ1) is 13.5. The molecule has 17 heavy (non-hydrogen) atoms. The van der Waals surface area contributed by atoms with Gasteiger partial charge in [-0.05, 0) is 44.0 Å². The van der Waals surface area contributed by atoms with E-state index in [2.05, 4.69) is 5.32 Å². The van der Waals surface area contributed by atoms with Crippen molar-refractivity contribution in [1.29, 1.82) is 0 Å². The molecule has 0 atom stereocenters. The first-order valence-corrected chi connectivity index (χ1v) is 5.81. The zero-order valence-electron chi connectivity index (χ0n) is 10.3. The molecule has 2 N–H and O–H groups in total. The highest BCUT2D eigenvalue weighted by molar-refractivity contribution is 5.90. The highest BCUT2D eigenvalue weighted by Crippen LogP contribution is 2.21. The number of carbonyl (C=O) groups excluding carboxylic acids is 1. The second-order valence-corrected chi connectivity index (χ2v) is 3.79. The molecule has 4 nitrogen and oxygen atoms in total. The number of rotatable bonds is 6. The summed E-state index contributed by atoms with van der Waals surface area (Å²) in [5, 5.41) is 11.4. The molecular weight excluding hydrogens is 218 g/mol. The topological polar surface area (TPSA) is 58.6 Å². The predicted octanol–water partition coefficient (Wildman–Crippen LogP) is 2.10. The van der Waals surface area contributed by atoms with Crippen LogP contribution >= 0.6 is 0 Å². The smallest absolute Gasteiger partial charge is 0.224 e. The molecule has 0 aromatic heterocycles. The van der Waals surface area contributed by atoms with E-state index in [1.54, 1.807) is 0 Å². The Balaban J connectivity index is 2.60. The molecule has 0 fully saturated rings. The Morgan fingerprint density at radius 2 is 2.24 bits per heavy atom. The maximum Gasteiger partial charge on any atom is 0.224 e. The van der Waals surface area contributed by atoms with Crippen molar-refractivity contribution in [2.75, 3.05) is 18.5 Å². The zero-order chi connectivity index (χ0) is 12.7. The van der Waals surface area contributed by atoms with Gasteiger partial charge in [0.1, 0.15) is 5.75 Å². The molecule has 1 aromatic carbocycles. The van der Waals surface area contributed by atoms with Crippen LogP contribution in [0.5, 0.6) is 5.75 Å². The number of hydrogen-bond donors (Lipinski definition) is 2. The summed E-state index contributed by atoms with van der Waals surface area (Å²) in [6, 6.07) is 5.54. The lowest BCUT2D eigenvalue weighted by Gasteiger charge is -2.10. The predicted molar refractivity (Wildman–Crippen MR) is 67.3 cm³/mol. The van der Waals surface area contributed by atoms with Gasteiger partial charge in [-0.2, -0.15) is 0 Å². The SMILES string of the molecule is CCOc1ccc(NC(=O)CCCO)cc1C. The standard InChI is InChI=1S/C13H19NO3/c1-3-17-12-7-6-11(9-10(12)2)14-13(16)5-4-8-15/h6-7,9,15H,3-5,8H2,1-2H3,(H,14,16). The van der Waals surface area contributed by atoms with E-state index in [0.717, 1.165) is 17.0 Å². The van der Waals surface area contributed by atoms with Gasteiger partial charge in [0, 0.05) is 18.7 Å². The van der Waals surface area contributed by atoms with Crippen LogP contribution in [0, 0.1) is 6.92 Å². The van der Waals surface area contributed by atoms with E-state index < -0.39 is 0 Å². The maximum absolute atomic E-state index is 11.4. The van der Waals surface area contributed by atoms with E-state index >= 15 is 0 Å². The third-order valence-corrected chi connectivity index (χ3v) is 2.32. The van der Waals surface area contributed by atoms with E-state index in [-0.39, 0.29) is 12.5 Å². The number of amides is 1. The van der Waals surface area contributed by atoms with Gasteiger partial charge < -0.3 is 15.2 Å². The fourth-order valence-electron chi connectivity index (χ4n) is 1.51. The molecule has 94 valence electrons. The fourth-order valence-corrected chi connectivity index (χ4v) is 1.51. The molecule has 0 saturated carbocycles. The summed E-state index contributed by atoms with van der Waals surface area (Å²) in [7, 11) is 0. The van der Waals surface area contributed by atoms with E-state index in [0.29, 0.717) is 19.4 Å². The summed E-state index contributed by atoms with van der Waals surface area (Å²) in [6.45, 7) is 4.54. The molecule has 0 bridgehead atoms. The van der Waals surface area contributed by atoms with Crippen molar-refractivity contribution >= 4 is 11.6 Å². The van der Waals surface area contributed by atoms with Gasteiger partial charge in [-0.1, -0.05) is 0 Å². The van der Waals surface area contributed by atoms with E-state index in [4.69, 9.17) is 9.84 Å². The van der Waals surface area contributed by atoms with Crippen LogP contribution in [0.3, 0.4) is 0 Å². The van der Waals surface area contributed by atoms with E-state index in [9.17, 15) is 4.79 Å². The Kier molecular flexibility index (Phi) is 5.49. The molecule has 0 heterocycles. The molecule has 4 heteroatoms. The molecule has 0 aliphatic carbocycles. The second kappa shape index (κ2) is 6.91. The zero-order valence-corrected chi connectivity index (χ0v) is 10.3. The molecule has 0 aliphatic heterocycles. The first-order valence-electron chi connectivity index (χ1n) is 5.81. The molecule has 1 amide bonds. The summed E-state index contributed by atoms with van der Waals surface area (Å²) < 4.78 is 5.42. The molecule has 0 unspecified atom stereocenters. The minimum atomic E-state index is -0.0809. The summed E-state index contributed by atoms with van der Waals surface area (Å²) in [6.07, 6.45) is 0.824. The molecule has 1 rings (SSSR count). The molecular formula is C13H19NO3. The van der Waals surface area contributed by atoms with Gasteiger partial charge in [0.25, 0.3) is 0 Å². The van der Waals surface area contributed by atoms with Gasteiger partial charge in [0.15, 0.2) is 0 Å². The summed E-state index contributed by atoms with van der Waals surface area (Å²) in [4.78, 5) is 11.4. The van der Waals surface area contributed by atoms with Crippen LogP contribution in [0.2, 0.25) is 0 Å². The van der Waals surface area contributed by atoms with Crippen molar-refractivity contribution < 1.29 is 14.6 Å². The molecule has 0 radical (unpaired) electrons. The number of hydrogen-bond acceptors (Lipinski definition) is 3. The van der Waals surface area contributed by atoms with Gasteiger partial charge in [-0.15, -0.1) is 0 Å². The average molecular weight is 237 g/mol. The number of ether oxygens (including phenoxy) is 1. The van der Waals surface area contributed by atoms with Crippen molar-refractivity contribution in [3.8, 4) is 5.75 Å². The van der Waals surface area contributed by atoms with Gasteiger partial charge in [0.05, 0.1) is 6.61 Å². The van der Waals surface area contributed by atoms with Crippen LogP contribution in [-0.2, 0) is 4.79 Å². The lowest BCUT2D eigenvalue weighted by atomic mass is 10.2. The van der Waals surface area contributed by atoms with Crippen molar-refractivity contribution in [1.82, 2.24) is 0 Å². The average Bonchev–Trinajstić information content (AvgIpc) is 2.30. The Morgan fingerprint density at radius 1 is 1.47 bits per heavy atom. The van der Waals surface area contributed by atoms with Gasteiger partial charge in [-0.3, -0.25) is 4.79 Å². The Morgan fingerprint density at radius 3 is 2.82 bits per heavy atom. The van der Waals surface area contributed by atoms with Crippen molar-refractivity contribution in [3.63, 3.8) is 0 Å². The van der Waals surface area contributed by atoms with Crippen molar-refractivity contribution in [2.45, 2.75) is 26.7 Å². The van der Waals surface area contributed by atoms with Crippen molar-refractivity contribution in [2.24, 2.45) is 0 Å². The van der Waals surface area contributed by atoms with Crippen molar-refractivity contribution in [3.05, 3.63) is 23.8 Å². The molecule has 0 aliphatic rings. The second-order valence-electron chi connectivity index (χ2n) is 3.79. The summed E-state index contributed by atoms with van der Waals surface area (Å²) in [5.41, 5.74) is 1.75. The van der Waals surface area contributed by atoms with Crippen LogP contribution in [0.1, 0.15) is 25.3 Å². The van der Waals surface area contributed by atoms with Crippen LogP contribution < -0.4 is 10.1 Å². The largest absolute Gasteiger partial charge is 0.494 e. The first-order chi connectivity index (χ1) is 8.17. The Hall–Kier alpha value is -1.55. The Bertz CT molecular complexity index is 377. The summed E-state index contributed by atoms with van der Waals surface area (Å²) in [5.74, 6) is 0.753. The number of aryl methyl sites for hydroxylation is 1. The molecule has 0 saturated heterocycles. The van der Waals surface area contributed by atoms with Gasteiger partial charge in [0.2, 0.25) is 5.91 Å². The number of anilines is 1. The van der Waals surface area contributed by atoms with E-state index in [1.807, 2.05) is 32.0 Å². The lowest BCUT2D eigenvalue weighted by molar-refractivity contribution is -0.116. The minimum absolute atomic E-state index is 0.0374. The highest BCUT2D eigenvalue weighted by atomic mass is 16.5. The number of benzene rings is 1.